The van der Waals surface area contributed by atoms with E-state index in [1.807, 2.05) is 32.0 Å². The largest absolute Gasteiger partial charge is 0.495 e. The summed E-state index contributed by atoms with van der Waals surface area (Å²) in [5.41, 5.74) is 2.26. The van der Waals surface area contributed by atoms with Gasteiger partial charge in [-0.15, -0.1) is 0 Å². The van der Waals surface area contributed by atoms with E-state index in [0.717, 1.165) is 28.8 Å². The van der Waals surface area contributed by atoms with Gasteiger partial charge in [0.15, 0.2) is 0 Å². The number of rotatable bonds is 8. The summed E-state index contributed by atoms with van der Waals surface area (Å²) < 4.78 is 32.8. The van der Waals surface area contributed by atoms with Crippen molar-refractivity contribution in [2.24, 2.45) is 0 Å². The van der Waals surface area contributed by atoms with Crippen LogP contribution in [0.3, 0.4) is 0 Å². The Morgan fingerprint density at radius 3 is 2.62 bits per heavy atom. The molecule has 1 aliphatic rings. The van der Waals surface area contributed by atoms with E-state index in [-0.39, 0.29) is 11.2 Å². The molecule has 1 amide bonds. The van der Waals surface area contributed by atoms with Crippen molar-refractivity contribution in [2.75, 3.05) is 25.5 Å². The van der Waals surface area contributed by atoms with Crippen molar-refractivity contribution in [3.8, 4) is 5.75 Å². The lowest BCUT2D eigenvalue weighted by atomic mass is 10.1. The molecule has 1 atom stereocenters. The molecular formula is C25H29N3O4S2. The first-order valence-corrected chi connectivity index (χ1v) is 13.7. The number of methoxy groups -OCH3 is 1. The van der Waals surface area contributed by atoms with Crippen molar-refractivity contribution in [1.82, 2.24) is 9.29 Å². The maximum atomic E-state index is 13.0. The molecule has 0 aliphatic carbocycles. The Morgan fingerprint density at radius 1 is 1.18 bits per heavy atom. The molecule has 34 heavy (non-hydrogen) atoms. The van der Waals surface area contributed by atoms with E-state index in [1.54, 1.807) is 41.7 Å². The first-order valence-electron chi connectivity index (χ1n) is 11.4. The number of nitrogens with zero attached hydrogens (tertiary/aromatic N) is 2. The van der Waals surface area contributed by atoms with Gasteiger partial charge in [0.25, 0.3) is 0 Å². The molecular weight excluding hydrogens is 470 g/mol. The minimum absolute atomic E-state index is 0.122. The maximum absolute atomic E-state index is 13.0. The molecule has 1 N–H and O–H groups in total. The minimum Gasteiger partial charge on any atom is -0.495 e. The van der Waals surface area contributed by atoms with Crippen molar-refractivity contribution < 1.29 is 17.9 Å². The predicted octanol–water partition coefficient (Wildman–Crippen LogP) is 4.85. The standard InChI is InChI=1S/C25H29N3O4S2/c1-4-23(25(29)27-21-9-5-6-10-22(21)32-3)33-24-15-17(2)19-16-18(11-12-20(19)26-24)34(30,31)28-13-7-8-14-28/h5-6,9-12,15-16,23H,4,7-8,13-14H2,1-3H3,(H,27,29)/t23-/m0/s1. The molecule has 0 saturated carbocycles. The van der Waals surface area contributed by atoms with Gasteiger partial charge in [0.1, 0.15) is 5.75 Å². The fraction of sp³-hybridized carbons (Fsp3) is 0.360. The van der Waals surface area contributed by atoms with E-state index in [1.165, 1.54) is 11.8 Å². The molecule has 1 aliphatic heterocycles. The molecule has 0 radical (unpaired) electrons. The summed E-state index contributed by atoms with van der Waals surface area (Å²) >= 11 is 1.40. The third kappa shape index (κ3) is 5.06. The van der Waals surface area contributed by atoms with Crippen LogP contribution in [0.2, 0.25) is 0 Å². The van der Waals surface area contributed by atoms with Gasteiger partial charge >= 0.3 is 0 Å². The summed E-state index contributed by atoms with van der Waals surface area (Å²) in [6.07, 6.45) is 2.42. The fourth-order valence-electron chi connectivity index (χ4n) is 4.07. The van der Waals surface area contributed by atoms with Crippen molar-refractivity contribution >= 4 is 44.3 Å². The monoisotopic (exact) mass is 499 g/mol. The lowest BCUT2D eigenvalue weighted by Gasteiger charge is -2.17. The highest BCUT2D eigenvalue weighted by Crippen LogP contribution is 2.32. The number of anilines is 1. The second kappa shape index (κ2) is 10.3. The van der Waals surface area contributed by atoms with E-state index in [2.05, 4.69) is 5.32 Å². The van der Waals surface area contributed by atoms with Gasteiger partial charge in [-0.2, -0.15) is 4.31 Å². The molecule has 1 saturated heterocycles. The fourth-order valence-corrected chi connectivity index (χ4v) is 6.63. The van der Waals surface area contributed by atoms with Gasteiger partial charge in [-0.05, 0) is 68.1 Å². The Morgan fingerprint density at radius 2 is 1.91 bits per heavy atom. The van der Waals surface area contributed by atoms with Crippen LogP contribution in [0.4, 0.5) is 5.69 Å². The number of fused-ring (bicyclic) bond motifs is 1. The quantitative estimate of drug-likeness (QED) is 0.446. The number of benzene rings is 2. The highest BCUT2D eigenvalue weighted by Gasteiger charge is 2.27. The minimum atomic E-state index is -3.49. The van der Waals surface area contributed by atoms with Crippen LogP contribution in [-0.4, -0.2) is 49.1 Å². The average Bonchev–Trinajstić information content (AvgIpc) is 3.38. The van der Waals surface area contributed by atoms with Crippen molar-refractivity contribution in [3.05, 3.63) is 54.1 Å². The number of hydrogen-bond acceptors (Lipinski definition) is 6. The van der Waals surface area contributed by atoms with Crippen molar-refractivity contribution in [3.63, 3.8) is 0 Å². The molecule has 180 valence electrons. The van der Waals surface area contributed by atoms with E-state index in [0.29, 0.717) is 41.4 Å². The number of sulfonamides is 1. The van der Waals surface area contributed by atoms with E-state index < -0.39 is 10.0 Å². The molecule has 2 aromatic carbocycles. The van der Waals surface area contributed by atoms with Crippen LogP contribution in [0.5, 0.6) is 5.75 Å². The molecule has 1 fully saturated rings. The lowest BCUT2D eigenvalue weighted by molar-refractivity contribution is -0.115. The number of carbonyl (C=O) groups is 1. The van der Waals surface area contributed by atoms with Gasteiger partial charge in [0, 0.05) is 18.5 Å². The number of aromatic nitrogens is 1. The number of thioether (sulfide) groups is 1. The Labute approximate surface area is 205 Å². The SMILES string of the molecule is CC[C@H](Sc1cc(C)c2cc(S(=O)(=O)N3CCCC3)ccc2n1)C(=O)Nc1ccccc1OC. The van der Waals surface area contributed by atoms with E-state index in [9.17, 15) is 13.2 Å². The molecule has 0 bridgehead atoms. The highest BCUT2D eigenvalue weighted by molar-refractivity contribution is 8.00. The first kappa shape index (κ1) is 24.5. The molecule has 1 aromatic heterocycles. The zero-order valence-corrected chi connectivity index (χ0v) is 21.2. The Bertz CT molecular complexity index is 1300. The van der Waals surface area contributed by atoms with Crippen molar-refractivity contribution in [2.45, 2.75) is 48.3 Å². The lowest BCUT2D eigenvalue weighted by Crippen LogP contribution is -2.27. The van der Waals surface area contributed by atoms with Gasteiger partial charge < -0.3 is 10.1 Å². The first-order chi connectivity index (χ1) is 16.3. The van der Waals surface area contributed by atoms with Crippen LogP contribution in [0.25, 0.3) is 10.9 Å². The van der Waals surface area contributed by atoms with Crippen molar-refractivity contribution in [1.29, 1.82) is 0 Å². The van der Waals surface area contributed by atoms with Crippen LogP contribution in [-0.2, 0) is 14.8 Å². The number of carbonyl (C=O) groups excluding carboxylic acids is 1. The molecule has 2 heterocycles. The Kier molecular flexibility index (Phi) is 7.45. The second-order valence-corrected chi connectivity index (χ2v) is 11.4. The molecule has 4 rings (SSSR count). The third-order valence-corrected chi connectivity index (χ3v) is 9.13. The molecule has 0 spiro atoms. The number of nitrogens with one attached hydrogen (secondary N) is 1. The number of pyridine rings is 1. The van der Waals surface area contributed by atoms with Crippen LogP contribution < -0.4 is 10.1 Å². The van der Waals surface area contributed by atoms with Crippen LogP contribution in [0.1, 0.15) is 31.7 Å². The van der Waals surface area contributed by atoms with Gasteiger partial charge in [-0.25, -0.2) is 13.4 Å². The van der Waals surface area contributed by atoms with Gasteiger partial charge in [0.05, 0.1) is 33.5 Å². The van der Waals surface area contributed by atoms with Gasteiger partial charge in [-0.3, -0.25) is 4.79 Å². The number of hydrogen-bond donors (Lipinski definition) is 1. The number of amides is 1. The molecule has 3 aromatic rings. The average molecular weight is 500 g/mol. The van der Waals surface area contributed by atoms with Crippen LogP contribution in [0, 0.1) is 6.92 Å². The number of aryl methyl sites for hydroxylation is 1. The zero-order valence-electron chi connectivity index (χ0n) is 19.6. The maximum Gasteiger partial charge on any atom is 0.243 e. The molecule has 9 heteroatoms. The number of para-hydroxylation sites is 2. The summed E-state index contributed by atoms with van der Waals surface area (Å²) in [6.45, 7) is 5.05. The smallest absolute Gasteiger partial charge is 0.243 e. The Hall–Kier alpha value is -2.62. The molecule has 7 nitrogen and oxygen atoms in total. The second-order valence-electron chi connectivity index (χ2n) is 8.27. The highest BCUT2D eigenvalue weighted by atomic mass is 32.2. The summed E-state index contributed by atoms with van der Waals surface area (Å²) in [4.78, 5) is 18.0. The predicted molar refractivity (Wildman–Crippen MR) is 136 cm³/mol. The number of ether oxygens (including phenoxy) is 1. The summed E-state index contributed by atoms with van der Waals surface area (Å²) in [7, 11) is -1.92. The van der Waals surface area contributed by atoms with E-state index in [4.69, 9.17) is 9.72 Å². The van der Waals surface area contributed by atoms with Gasteiger partial charge in [-0.1, -0.05) is 30.8 Å². The topological polar surface area (TPSA) is 88.6 Å². The van der Waals surface area contributed by atoms with E-state index >= 15 is 0 Å². The zero-order chi connectivity index (χ0) is 24.3. The summed E-state index contributed by atoms with van der Waals surface area (Å²) in [5.74, 6) is 0.485. The normalized spacial score (nSPS) is 15.4. The van der Waals surface area contributed by atoms with Gasteiger partial charge in [0.2, 0.25) is 15.9 Å². The third-order valence-electron chi connectivity index (χ3n) is 5.96. The molecule has 0 unspecified atom stereocenters. The summed E-state index contributed by atoms with van der Waals surface area (Å²) in [6, 6.07) is 14.3. The van der Waals surface area contributed by atoms with Crippen LogP contribution in [0.15, 0.2) is 58.5 Å². The summed E-state index contributed by atoms with van der Waals surface area (Å²) in [5, 5.41) is 4.13. The Balaban J connectivity index is 1.56. The van der Waals surface area contributed by atoms with Crippen LogP contribution >= 0.6 is 11.8 Å².